The number of likely N-dealkylation sites (tertiary alicyclic amines) is 1. The van der Waals surface area contributed by atoms with Crippen molar-refractivity contribution in [2.75, 3.05) is 32.8 Å². The highest BCUT2D eigenvalue weighted by Gasteiger charge is 2.42. The van der Waals surface area contributed by atoms with Crippen molar-refractivity contribution in [1.82, 2.24) is 9.80 Å². The summed E-state index contributed by atoms with van der Waals surface area (Å²) in [6.45, 7) is 6.65. The van der Waals surface area contributed by atoms with E-state index in [9.17, 15) is 4.79 Å². The van der Waals surface area contributed by atoms with Gasteiger partial charge in [0.25, 0.3) is 0 Å². The zero-order valence-corrected chi connectivity index (χ0v) is 11.3. The summed E-state index contributed by atoms with van der Waals surface area (Å²) >= 11 is 0. The van der Waals surface area contributed by atoms with E-state index < -0.39 is 0 Å². The molecule has 0 spiro atoms. The second kappa shape index (κ2) is 5.08. The van der Waals surface area contributed by atoms with Gasteiger partial charge in [0.15, 0.2) is 0 Å². The Balaban J connectivity index is 1.67. The first-order valence-electron chi connectivity index (χ1n) is 7.43. The highest BCUT2D eigenvalue weighted by molar-refractivity contribution is 5.67. The monoisotopic (exact) mass is 252 g/mol. The second-order valence-corrected chi connectivity index (χ2v) is 6.02. The maximum atomic E-state index is 11.9. The van der Waals surface area contributed by atoms with Crippen molar-refractivity contribution < 1.29 is 9.53 Å². The molecule has 0 aromatic heterocycles. The van der Waals surface area contributed by atoms with E-state index in [2.05, 4.69) is 4.90 Å². The molecule has 1 amide bonds. The number of hydrogen-bond donors (Lipinski definition) is 0. The Bertz CT molecular complexity index is 321. The summed E-state index contributed by atoms with van der Waals surface area (Å²) in [4.78, 5) is 16.5. The van der Waals surface area contributed by atoms with Crippen molar-refractivity contribution >= 4 is 6.09 Å². The van der Waals surface area contributed by atoms with Crippen LogP contribution in [0.4, 0.5) is 4.79 Å². The Hall–Kier alpha value is -0.770. The van der Waals surface area contributed by atoms with E-state index in [1.54, 1.807) is 0 Å². The highest BCUT2D eigenvalue weighted by Crippen LogP contribution is 2.37. The van der Waals surface area contributed by atoms with Crippen molar-refractivity contribution in [3.63, 3.8) is 0 Å². The van der Waals surface area contributed by atoms with Gasteiger partial charge in [-0.05, 0) is 44.6 Å². The van der Waals surface area contributed by atoms with Crippen LogP contribution in [0.2, 0.25) is 0 Å². The van der Waals surface area contributed by atoms with Crippen LogP contribution in [-0.4, -0.2) is 54.7 Å². The van der Waals surface area contributed by atoms with Crippen LogP contribution in [0.15, 0.2) is 0 Å². The van der Waals surface area contributed by atoms with Crippen molar-refractivity contribution in [3.8, 4) is 0 Å². The average Bonchev–Trinajstić information content (AvgIpc) is 2.38. The van der Waals surface area contributed by atoms with Crippen LogP contribution in [0.5, 0.6) is 0 Å². The number of rotatable bonds is 1. The van der Waals surface area contributed by atoms with Crippen molar-refractivity contribution in [3.05, 3.63) is 0 Å². The van der Waals surface area contributed by atoms with Crippen LogP contribution in [0, 0.1) is 11.8 Å². The molecular formula is C14H24N2O2. The topological polar surface area (TPSA) is 32.8 Å². The van der Waals surface area contributed by atoms with E-state index in [0.29, 0.717) is 18.4 Å². The summed E-state index contributed by atoms with van der Waals surface area (Å²) in [5, 5.41) is 0. The molecule has 3 aliphatic rings. The Morgan fingerprint density at radius 3 is 3.00 bits per heavy atom. The molecule has 0 aliphatic carbocycles. The Morgan fingerprint density at radius 2 is 2.17 bits per heavy atom. The lowest BCUT2D eigenvalue weighted by Gasteiger charge is -2.52. The third-order valence-corrected chi connectivity index (χ3v) is 4.80. The molecule has 0 radical (unpaired) electrons. The molecule has 18 heavy (non-hydrogen) atoms. The molecule has 3 rings (SSSR count). The Morgan fingerprint density at radius 1 is 1.28 bits per heavy atom. The molecule has 0 N–H and O–H groups in total. The summed E-state index contributed by atoms with van der Waals surface area (Å²) < 4.78 is 5.16. The van der Waals surface area contributed by atoms with Crippen LogP contribution in [0.3, 0.4) is 0 Å². The van der Waals surface area contributed by atoms with E-state index in [0.717, 1.165) is 19.1 Å². The van der Waals surface area contributed by atoms with Crippen LogP contribution < -0.4 is 0 Å². The molecule has 3 saturated heterocycles. The zero-order chi connectivity index (χ0) is 12.5. The van der Waals surface area contributed by atoms with Gasteiger partial charge in [-0.25, -0.2) is 4.79 Å². The van der Waals surface area contributed by atoms with Gasteiger partial charge in [-0.1, -0.05) is 6.42 Å². The second-order valence-electron chi connectivity index (χ2n) is 6.02. The maximum Gasteiger partial charge on any atom is 0.409 e. The first-order chi connectivity index (χ1) is 8.78. The van der Waals surface area contributed by atoms with Gasteiger partial charge >= 0.3 is 6.09 Å². The molecule has 4 nitrogen and oxygen atoms in total. The van der Waals surface area contributed by atoms with Gasteiger partial charge in [0.05, 0.1) is 6.61 Å². The minimum atomic E-state index is -0.101. The highest BCUT2D eigenvalue weighted by atomic mass is 16.6. The predicted octanol–water partition coefficient (Wildman–Crippen LogP) is 1.95. The number of carbonyl (C=O) groups is 1. The Kier molecular flexibility index (Phi) is 3.46. The summed E-state index contributed by atoms with van der Waals surface area (Å²) in [6.07, 6.45) is 5.26. The molecule has 2 bridgehead atoms. The molecular weight excluding hydrogens is 228 g/mol. The SMILES string of the molecule is CCOC(=O)N1C[C@H]2C[C@@H](C1)[C@@H]1CCCCN1C2. The van der Waals surface area contributed by atoms with E-state index in [1.807, 2.05) is 11.8 Å². The summed E-state index contributed by atoms with van der Waals surface area (Å²) in [5.74, 6) is 1.35. The fraction of sp³-hybridized carbons (Fsp3) is 0.929. The molecule has 0 aromatic rings. The van der Waals surface area contributed by atoms with Crippen molar-refractivity contribution in [2.24, 2.45) is 11.8 Å². The molecule has 0 aromatic carbocycles. The van der Waals surface area contributed by atoms with E-state index >= 15 is 0 Å². The molecule has 3 fully saturated rings. The molecule has 3 heterocycles. The number of nitrogens with zero attached hydrogens (tertiary/aromatic N) is 2. The van der Waals surface area contributed by atoms with E-state index in [-0.39, 0.29) is 6.09 Å². The van der Waals surface area contributed by atoms with Crippen LogP contribution in [0.1, 0.15) is 32.6 Å². The first-order valence-corrected chi connectivity index (χ1v) is 7.43. The van der Waals surface area contributed by atoms with E-state index in [4.69, 9.17) is 4.74 Å². The predicted molar refractivity (Wildman–Crippen MR) is 69.4 cm³/mol. The largest absolute Gasteiger partial charge is 0.450 e. The third-order valence-electron chi connectivity index (χ3n) is 4.80. The summed E-state index contributed by atoms with van der Waals surface area (Å²) in [6, 6.07) is 0.729. The third kappa shape index (κ3) is 2.22. The average molecular weight is 252 g/mol. The smallest absolute Gasteiger partial charge is 0.409 e. The van der Waals surface area contributed by atoms with E-state index in [1.165, 1.54) is 38.8 Å². The summed E-state index contributed by atoms with van der Waals surface area (Å²) in [5.41, 5.74) is 0. The molecule has 0 unspecified atom stereocenters. The van der Waals surface area contributed by atoms with Crippen LogP contribution in [-0.2, 0) is 4.74 Å². The maximum absolute atomic E-state index is 11.9. The van der Waals surface area contributed by atoms with Gasteiger partial charge in [-0.15, -0.1) is 0 Å². The molecule has 0 saturated carbocycles. The lowest BCUT2D eigenvalue weighted by Crippen LogP contribution is -2.59. The standard InChI is InChI=1S/C14H24N2O2/c1-2-18-14(17)16-9-11-7-12(10-16)13-5-3-4-6-15(13)8-11/h11-13H,2-10H2,1H3/t11-,12-,13-/m0/s1. The zero-order valence-electron chi connectivity index (χ0n) is 11.3. The van der Waals surface area contributed by atoms with Gasteiger partial charge < -0.3 is 9.64 Å². The van der Waals surface area contributed by atoms with Crippen molar-refractivity contribution in [2.45, 2.75) is 38.6 Å². The number of hydrogen-bond acceptors (Lipinski definition) is 3. The summed E-state index contributed by atoms with van der Waals surface area (Å²) in [7, 11) is 0. The molecule has 3 atom stereocenters. The van der Waals surface area contributed by atoms with Crippen LogP contribution >= 0.6 is 0 Å². The number of carbonyl (C=O) groups excluding carboxylic acids is 1. The lowest BCUT2D eigenvalue weighted by atomic mass is 9.76. The molecule has 102 valence electrons. The van der Waals surface area contributed by atoms with Gasteiger partial charge in [-0.3, -0.25) is 4.90 Å². The fourth-order valence-corrected chi connectivity index (χ4v) is 4.13. The number of ether oxygens (including phenoxy) is 1. The molecule has 3 aliphatic heterocycles. The first kappa shape index (κ1) is 12.3. The molecule has 4 heteroatoms. The Labute approximate surface area is 109 Å². The van der Waals surface area contributed by atoms with Gasteiger partial charge in [0, 0.05) is 25.7 Å². The van der Waals surface area contributed by atoms with Crippen LogP contribution in [0.25, 0.3) is 0 Å². The number of fused-ring (bicyclic) bond motifs is 4. The quantitative estimate of drug-likeness (QED) is 0.715. The normalized spacial score (nSPS) is 36.1. The van der Waals surface area contributed by atoms with Gasteiger partial charge in [0.1, 0.15) is 0 Å². The fourth-order valence-electron chi connectivity index (χ4n) is 4.13. The van der Waals surface area contributed by atoms with Gasteiger partial charge in [0.2, 0.25) is 0 Å². The number of piperidine rings is 3. The lowest BCUT2D eigenvalue weighted by molar-refractivity contribution is -0.0284. The number of amides is 1. The van der Waals surface area contributed by atoms with Crippen molar-refractivity contribution in [1.29, 1.82) is 0 Å². The van der Waals surface area contributed by atoms with Gasteiger partial charge in [-0.2, -0.15) is 0 Å². The minimum Gasteiger partial charge on any atom is -0.450 e. The minimum absolute atomic E-state index is 0.101.